The molecule has 2 aromatic rings. The molecule has 8 heteroatoms. The van der Waals surface area contributed by atoms with Gasteiger partial charge in [-0.1, -0.05) is 47.6 Å². The number of nitrogens with zero attached hydrogens (tertiary/aromatic N) is 2. The third kappa shape index (κ3) is 3.61. The summed E-state index contributed by atoms with van der Waals surface area (Å²) in [5.41, 5.74) is 1.71. The second-order valence-electron chi connectivity index (χ2n) is 6.37. The van der Waals surface area contributed by atoms with Crippen LogP contribution in [-0.2, 0) is 16.4 Å². The van der Waals surface area contributed by atoms with Crippen LogP contribution >= 0.6 is 23.4 Å². The van der Waals surface area contributed by atoms with Crippen LogP contribution in [0.2, 0.25) is 5.02 Å². The molecule has 2 aliphatic rings. The van der Waals surface area contributed by atoms with Crippen molar-refractivity contribution < 1.29 is 12.8 Å². The van der Waals surface area contributed by atoms with Gasteiger partial charge in [0.15, 0.2) is 15.0 Å². The zero-order valence-electron chi connectivity index (χ0n) is 13.7. The topological polar surface area (TPSA) is 49.7 Å². The van der Waals surface area contributed by atoms with E-state index in [1.807, 2.05) is 35.2 Å². The molecule has 2 aromatic carbocycles. The fourth-order valence-electron chi connectivity index (χ4n) is 3.17. The Hall–Kier alpha value is -1.57. The molecule has 2 aliphatic heterocycles. The first-order chi connectivity index (χ1) is 12.4. The number of amidine groups is 1. The molecule has 0 amide bonds. The number of benzene rings is 2. The van der Waals surface area contributed by atoms with Crippen LogP contribution in [0.5, 0.6) is 0 Å². The van der Waals surface area contributed by atoms with E-state index in [0.29, 0.717) is 11.6 Å². The second-order valence-corrected chi connectivity index (χ2v) is 10.1. The van der Waals surface area contributed by atoms with E-state index in [2.05, 4.69) is 4.99 Å². The lowest BCUT2D eigenvalue weighted by Crippen LogP contribution is -2.28. The van der Waals surface area contributed by atoms with Gasteiger partial charge >= 0.3 is 0 Å². The number of sulfone groups is 1. The summed E-state index contributed by atoms with van der Waals surface area (Å²) in [6.07, 6.45) is 0. The Balaban J connectivity index is 1.67. The minimum Gasteiger partial charge on any atom is -0.317 e. The average Bonchev–Trinajstić information content (AvgIpc) is 3.08. The van der Waals surface area contributed by atoms with Crippen molar-refractivity contribution in [3.63, 3.8) is 0 Å². The Labute approximate surface area is 161 Å². The SMILES string of the molecule is O=S1(=O)C[C@@H]2N=C(N(Cc3ccc(F)cc3Cl)c3ccccc3)S[C@H]2C1. The van der Waals surface area contributed by atoms with E-state index in [1.54, 1.807) is 6.07 Å². The van der Waals surface area contributed by atoms with Crippen molar-refractivity contribution in [3.05, 3.63) is 64.9 Å². The van der Waals surface area contributed by atoms with Crippen LogP contribution in [0.4, 0.5) is 10.1 Å². The Morgan fingerprint density at radius 2 is 1.96 bits per heavy atom. The summed E-state index contributed by atoms with van der Waals surface area (Å²) in [4.78, 5) is 6.68. The number of hydrogen-bond donors (Lipinski definition) is 0. The molecule has 2 atom stereocenters. The molecule has 0 aliphatic carbocycles. The van der Waals surface area contributed by atoms with Gasteiger partial charge in [0.2, 0.25) is 0 Å². The molecule has 136 valence electrons. The summed E-state index contributed by atoms with van der Waals surface area (Å²) in [6, 6.07) is 13.9. The van der Waals surface area contributed by atoms with Gasteiger partial charge in [0, 0.05) is 16.0 Å². The Bertz CT molecular complexity index is 966. The average molecular weight is 411 g/mol. The van der Waals surface area contributed by atoms with Crippen molar-refractivity contribution in [2.24, 2.45) is 4.99 Å². The van der Waals surface area contributed by atoms with Crippen molar-refractivity contribution >= 4 is 44.1 Å². The highest BCUT2D eigenvalue weighted by atomic mass is 35.5. The first kappa shape index (κ1) is 17.8. The maximum atomic E-state index is 13.4. The molecule has 0 N–H and O–H groups in total. The van der Waals surface area contributed by atoms with E-state index in [-0.39, 0.29) is 28.6 Å². The van der Waals surface area contributed by atoms with Crippen LogP contribution in [0.3, 0.4) is 0 Å². The number of halogens is 2. The molecule has 1 saturated heterocycles. The number of thioether (sulfide) groups is 1. The van der Waals surface area contributed by atoms with E-state index in [4.69, 9.17) is 11.6 Å². The van der Waals surface area contributed by atoms with Crippen molar-refractivity contribution in [3.8, 4) is 0 Å². The predicted octanol–water partition coefficient (Wildman–Crippen LogP) is 3.75. The van der Waals surface area contributed by atoms with Gasteiger partial charge in [0.25, 0.3) is 0 Å². The maximum Gasteiger partial charge on any atom is 0.164 e. The minimum atomic E-state index is -3.00. The lowest BCUT2D eigenvalue weighted by atomic mass is 10.2. The van der Waals surface area contributed by atoms with Crippen LogP contribution in [0.25, 0.3) is 0 Å². The predicted molar refractivity (Wildman–Crippen MR) is 105 cm³/mol. The van der Waals surface area contributed by atoms with E-state index >= 15 is 0 Å². The molecule has 26 heavy (non-hydrogen) atoms. The van der Waals surface area contributed by atoms with Crippen molar-refractivity contribution in [1.82, 2.24) is 0 Å². The van der Waals surface area contributed by atoms with Gasteiger partial charge in [0.1, 0.15) is 5.82 Å². The van der Waals surface area contributed by atoms with E-state index in [0.717, 1.165) is 16.4 Å². The summed E-state index contributed by atoms with van der Waals surface area (Å²) in [5.74, 6) is -0.110. The fourth-order valence-corrected chi connectivity index (χ4v) is 7.18. The van der Waals surface area contributed by atoms with Crippen molar-refractivity contribution in [2.45, 2.75) is 17.8 Å². The van der Waals surface area contributed by atoms with E-state index in [9.17, 15) is 12.8 Å². The molecular weight excluding hydrogens is 395 g/mol. The third-order valence-corrected chi connectivity index (χ3v) is 8.05. The van der Waals surface area contributed by atoms with Crippen LogP contribution in [0.15, 0.2) is 53.5 Å². The number of aliphatic imine (C=N–C) groups is 1. The Morgan fingerprint density at radius 3 is 2.65 bits per heavy atom. The normalized spacial score (nSPS) is 23.5. The zero-order valence-corrected chi connectivity index (χ0v) is 16.1. The van der Waals surface area contributed by atoms with Crippen molar-refractivity contribution in [1.29, 1.82) is 0 Å². The number of anilines is 1. The molecule has 0 spiro atoms. The molecule has 4 nitrogen and oxygen atoms in total. The van der Waals surface area contributed by atoms with Crippen LogP contribution in [0, 0.1) is 5.82 Å². The summed E-state index contributed by atoms with van der Waals surface area (Å²) in [7, 11) is -3.00. The van der Waals surface area contributed by atoms with Crippen LogP contribution in [0.1, 0.15) is 5.56 Å². The van der Waals surface area contributed by atoms with E-state index < -0.39 is 9.84 Å². The Kier molecular flexibility index (Phi) is 4.71. The smallest absolute Gasteiger partial charge is 0.164 e. The summed E-state index contributed by atoms with van der Waals surface area (Å²) in [6.45, 7) is 0.432. The molecule has 0 aromatic heterocycles. The van der Waals surface area contributed by atoms with Crippen LogP contribution < -0.4 is 4.90 Å². The maximum absolute atomic E-state index is 13.4. The lowest BCUT2D eigenvalue weighted by molar-refractivity contribution is 0.601. The van der Waals surface area contributed by atoms with Crippen LogP contribution in [-0.4, -0.2) is 36.4 Å². The summed E-state index contributed by atoms with van der Waals surface area (Å²) < 4.78 is 37.0. The largest absolute Gasteiger partial charge is 0.317 e. The number of fused-ring (bicyclic) bond motifs is 1. The van der Waals surface area contributed by atoms with E-state index in [1.165, 1.54) is 23.9 Å². The Morgan fingerprint density at radius 1 is 1.19 bits per heavy atom. The molecule has 0 radical (unpaired) electrons. The minimum absolute atomic E-state index is 0.0371. The van der Waals surface area contributed by atoms with Gasteiger partial charge < -0.3 is 4.90 Å². The second kappa shape index (κ2) is 6.87. The first-order valence-electron chi connectivity index (χ1n) is 8.13. The molecule has 1 fully saturated rings. The number of hydrogen-bond acceptors (Lipinski definition) is 5. The molecule has 0 bridgehead atoms. The first-order valence-corrected chi connectivity index (χ1v) is 11.2. The number of para-hydroxylation sites is 1. The van der Waals surface area contributed by atoms with Gasteiger partial charge in [-0.15, -0.1) is 0 Å². The quantitative estimate of drug-likeness (QED) is 0.773. The third-order valence-electron chi connectivity index (χ3n) is 4.45. The molecule has 2 heterocycles. The lowest BCUT2D eigenvalue weighted by Gasteiger charge is -2.25. The number of rotatable bonds is 3. The van der Waals surface area contributed by atoms with Gasteiger partial charge in [0.05, 0.1) is 24.1 Å². The molecule has 4 rings (SSSR count). The standard InChI is InChI=1S/C18H16ClFN2O2S2/c19-15-8-13(20)7-6-12(15)9-22(14-4-2-1-3-5-14)18-21-16-10-26(23,24)11-17(16)25-18/h1-8,16-17H,9-11H2/t16-,17-/m0/s1. The summed E-state index contributed by atoms with van der Waals surface area (Å²) >= 11 is 7.70. The monoisotopic (exact) mass is 410 g/mol. The molecule has 0 unspecified atom stereocenters. The van der Waals surface area contributed by atoms with Crippen molar-refractivity contribution in [2.75, 3.05) is 16.4 Å². The highest BCUT2D eigenvalue weighted by Gasteiger charge is 2.44. The molecule has 0 saturated carbocycles. The van der Waals surface area contributed by atoms with Gasteiger partial charge in [-0.2, -0.15) is 0 Å². The van der Waals surface area contributed by atoms with Gasteiger partial charge in [-0.25, -0.2) is 12.8 Å². The fraction of sp³-hybridized carbons (Fsp3) is 0.278. The molecular formula is C18H16ClFN2O2S2. The zero-order chi connectivity index (χ0) is 18.3. The highest BCUT2D eigenvalue weighted by Crippen LogP contribution is 2.37. The van der Waals surface area contributed by atoms with Gasteiger partial charge in [-0.05, 0) is 29.8 Å². The summed E-state index contributed by atoms with van der Waals surface area (Å²) in [5, 5.41) is 1.10. The van der Waals surface area contributed by atoms with Gasteiger partial charge in [-0.3, -0.25) is 4.99 Å². The highest BCUT2D eigenvalue weighted by molar-refractivity contribution is 8.15.